The third kappa shape index (κ3) is 2.13. The highest BCUT2D eigenvalue weighted by molar-refractivity contribution is 6.34. The summed E-state index contributed by atoms with van der Waals surface area (Å²) in [5, 5.41) is 18.2. The molecule has 0 saturated heterocycles. The van der Waals surface area contributed by atoms with Gasteiger partial charge < -0.3 is 5.11 Å². The molecule has 0 aliphatic carbocycles. The Morgan fingerprint density at radius 3 is 2.56 bits per heavy atom. The molecule has 4 nitrogen and oxygen atoms in total. The fourth-order valence-electron chi connectivity index (χ4n) is 1.74. The molecule has 18 heavy (non-hydrogen) atoms. The van der Waals surface area contributed by atoms with E-state index in [-0.39, 0.29) is 11.3 Å². The molecule has 1 aromatic carbocycles. The van der Waals surface area contributed by atoms with Gasteiger partial charge in [-0.25, -0.2) is 0 Å². The van der Waals surface area contributed by atoms with Crippen LogP contribution in [0.3, 0.4) is 0 Å². The van der Waals surface area contributed by atoms with Crippen LogP contribution in [0.5, 0.6) is 0 Å². The molecule has 6 heteroatoms. The van der Waals surface area contributed by atoms with Gasteiger partial charge in [-0.2, -0.15) is 5.11 Å². The Kier molecular flexibility index (Phi) is 3.17. The molecule has 1 aliphatic heterocycles. The lowest BCUT2D eigenvalue weighted by atomic mass is 9.92. The van der Waals surface area contributed by atoms with Gasteiger partial charge >= 0.3 is 0 Å². The Labute approximate surface area is 114 Å². The summed E-state index contributed by atoms with van der Waals surface area (Å²) < 4.78 is 0. The lowest BCUT2D eigenvalue weighted by Gasteiger charge is -2.15. The highest BCUT2D eigenvalue weighted by Gasteiger charge is 2.38. The Bertz CT molecular complexity index is 592. The Hall–Kier alpha value is -1.39. The molecule has 1 heterocycles. The van der Waals surface area contributed by atoms with Gasteiger partial charge in [-0.3, -0.25) is 4.79 Å². The molecule has 0 bridgehead atoms. The normalized spacial score (nSPS) is 20.3. The third-order valence-corrected chi connectivity index (χ3v) is 3.20. The molecule has 2 rings (SSSR count). The van der Waals surface area contributed by atoms with Crippen molar-refractivity contribution < 1.29 is 9.90 Å². The van der Waals surface area contributed by atoms with Gasteiger partial charge in [-0.15, -0.1) is 5.11 Å². The number of carbonyl (C=O) groups is 1. The summed E-state index contributed by atoms with van der Waals surface area (Å²) in [6.07, 6.45) is 0. The SMILES string of the molecule is CC1(C)N=NC(=O)C1=C(O)c1cc(Cl)ccc1Cl. The van der Waals surface area contributed by atoms with E-state index in [1.165, 1.54) is 6.07 Å². The van der Waals surface area contributed by atoms with Gasteiger partial charge in [0, 0.05) is 10.6 Å². The molecule has 0 saturated carbocycles. The van der Waals surface area contributed by atoms with Crippen molar-refractivity contribution in [2.24, 2.45) is 10.2 Å². The average Bonchev–Trinajstić information content (AvgIpc) is 2.56. The summed E-state index contributed by atoms with van der Waals surface area (Å²) in [5.41, 5.74) is -0.452. The highest BCUT2D eigenvalue weighted by atomic mass is 35.5. The number of amides is 1. The first kappa shape index (κ1) is 13.1. The van der Waals surface area contributed by atoms with Crippen LogP contribution in [0.4, 0.5) is 0 Å². The quantitative estimate of drug-likeness (QED) is 0.625. The number of aliphatic hydroxyl groups is 1. The van der Waals surface area contributed by atoms with Gasteiger partial charge in [0.25, 0.3) is 5.91 Å². The van der Waals surface area contributed by atoms with Gasteiger partial charge in [0.15, 0.2) is 0 Å². The molecule has 0 fully saturated rings. The van der Waals surface area contributed by atoms with Gasteiger partial charge in [-0.1, -0.05) is 23.2 Å². The van der Waals surface area contributed by atoms with Crippen LogP contribution in [-0.2, 0) is 4.79 Å². The number of azo groups is 1. The zero-order valence-corrected chi connectivity index (χ0v) is 11.2. The highest BCUT2D eigenvalue weighted by Crippen LogP contribution is 2.36. The van der Waals surface area contributed by atoms with Crippen molar-refractivity contribution in [1.82, 2.24) is 0 Å². The minimum absolute atomic E-state index is 0.117. The number of rotatable bonds is 1. The maximum Gasteiger partial charge on any atom is 0.297 e. The second-order valence-corrected chi connectivity index (χ2v) is 5.26. The van der Waals surface area contributed by atoms with E-state index in [1.54, 1.807) is 26.0 Å². The topological polar surface area (TPSA) is 62.0 Å². The van der Waals surface area contributed by atoms with Crippen LogP contribution < -0.4 is 0 Å². The van der Waals surface area contributed by atoms with E-state index in [4.69, 9.17) is 23.2 Å². The maximum atomic E-state index is 11.6. The van der Waals surface area contributed by atoms with Crippen molar-refractivity contribution in [1.29, 1.82) is 0 Å². The second-order valence-electron chi connectivity index (χ2n) is 4.41. The summed E-state index contributed by atoms with van der Waals surface area (Å²) in [6.45, 7) is 3.37. The molecule has 0 radical (unpaired) electrons. The molecule has 0 atom stereocenters. The van der Waals surface area contributed by atoms with E-state index in [9.17, 15) is 9.90 Å². The molecule has 1 N–H and O–H groups in total. The molecular formula is C12H10Cl2N2O2. The van der Waals surface area contributed by atoms with E-state index in [0.29, 0.717) is 15.6 Å². The van der Waals surface area contributed by atoms with E-state index in [0.717, 1.165) is 0 Å². The fourth-order valence-corrected chi connectivity index (χ4v) is 2.12. The Balaban J connectivity index is 2.64. The van der Waals surface area contributed by atoms with Crippen LogP contribution in [0, 0.1) is 0 Å². The monoisotopic (exact) mass is 284 g/mol. The zero-order chi connectivity index (χ0) is 13.5. The molecule has 1 aliphatic rings. The molecular weight excluding hydrogens is 275 g/mol. The average molecular weight is 285 g/mol. The number of hydrogen-bond acceptors (Lipinski definition) is 3. The maximum absolute atomic E-state index is 11.6. The molecule has 1 aromatic rings. The molecule has 0 spiro atoms. The number of halogens is 2. The first-order valence-electron chi connectivity index (χ1n) is 5.19. The first-order chi connectivity index (χ1) is 8.33. The largest absolute Gasteiger partial charge is 0.507 e. The number of carbonyl (C=O) groups excluding carboxylic acids is 1. The number of hydrogen-bond donors (Lipinski definition) is 1. The van der Waals surface area contributed by atoms with Crippen LogP contribution in [0.2, 0.25) is 10.0 Å². The van der Waals surface area contributed by atoms with Crippen LogP contribution in [-0.4, -0.2) is 16.6 Å². The minimum atomic E-state index is -0.868. The van der Waals surface area contributed by atoms with E-state index in [1.807, 2.05) is 0 Å². The number of benzene rings is 1. The van der Waals surface area contributed by atoms with Crippen molar-refractivity contribution in [2.75, 3.05) is 0 Å². The van der Waals surface area contributed by atoms with Crippen LogP contribution >= 0.6 is 23.2 Å². The summed E-state index contributed by atoms with van der Waals surface area (Å²) in [6, 6.07) is 4.65. The minimum Gasteiger partial charge on any atom is -0.507 e. The molecule has 0 unspecified atom stereocenters. The lowest BCUT2D eigenvalue weighted by Crippen LogP contribution is -2.20. The van der Waals surface area contributed by atoms with Crippen molar-refractivity contribution in [3.8, 4) is 0 Å². The lowest BCUT2D eigenvalue weighted by molar-refractivity contribution is -0.114. The van der Waals surface area contributed by atoms with Crippen LogP contribution in [0.25, 0.3) is 5.76 Å². The molecule has 94 valence electrons. The summed E-state index contributed by atoms with van der Waals surface area (Å²) in [4.78, 5) is 11.6. The predicted octanol–water partition coefficient (Wildman–Crippen LogP) is 4.03. The number of aliphatic hydroxyl groups excluding tert-OH is 1. The number of nitrogens with zero attached hydrogens (tertiary/aromatic N) is 2. The van der Waals surface area contributed by atoms with E-state index < -0.39 is 11.4 Å². The van der Waals surface area contributed by atoms with Gasteiger partial charge in [0.05, 0.1) is 10.6 Å². The van der Waals surface area contributed by atoms with E-state index in [2.05, 4.69) is 10.2 Å². The molecule has 0 aromatic heterocycles. The third-order valence-electron chi connectivity index (χ3n) is 2.64. The molecule has 1 amide bonds. The predicted molar refractivity (Wildman–Crippen MR) is 70.0 cm³/mol. The van der Waals surface area contributed by atoms with Gasteiger partial charge in [0.2, 0.25) is 0 Å². The fraction of sp³-hybridized carbons (Fsp3) is 0.250. The Morgan fingerprint density at radius 1 is 1.33 bits per heavy atom. The van der Waals surface area contributed by atoms with Crippen molar-refractivity contribution >= 4 is 34.9 Å². The smallest absolute Gasteiger partial charge is 0.297 e. The first-order valence-corrected chi connectivity index (χ1v) is 5.95. The van der Waals surface area contributed by atoms with Crippen molar-refractivity contribution in [3.63, 3.8) is 0 Å². The van der Waals surface area contributed by atoms with Crippen LogP contribution in [0.1, 0.15) is 19.4 Å². The standard InChI is InChI=1S/C12H10Cl2N2O2/c1-12(2)9(11(18)15-16-12)10(17)7-5-6(13)3-4-8(7)14/h3-5,17H,1-2H3. The van der Waals surface area contributed by atoms with Crippen LogP contribution in [0.15, 0.2) is 34.0 Å². The summed E-state index contributed by atoms with van der Waals surface area (Å²) in [7, 11) is 0. The summed E-state index contributed by atoms with van der Waals surface area (Å²) in [5.74, 6) is -0.795. The zero-order valence-electron chi connectivity index (χ0n) is 9.74. The van der Waals surface area contributed by atoms with E-state index >= 15 is 0 Å². The van der Waals surface area contributed by atoms with Gasteiger partial charge in [-0.05, 0) is 32.0 Å². The van der Waals surface area contributed by atoms with Crippen molar-refractivity contribution in [3.05, 3.63) is 39.4 Å². The van der Waals surface area contributed by atoms with Crippen molar-refractivity contribution in [2.45, 2.75) is 19.4 Å². The Morgan fingerprint density at radius 2 is 2.00 bits per heavy atom. The second kappa shape index (κ2) is 4.37. The summed E-state index contributed by atoms with van der Waals surface area (Å²) >= 11 is 11.8. The van der Waals surface area contributed by atoms with Gasteiger partial charge in [0.1, 0.15) is 11.3 Å².